The van der Waals surface area contributed by atoms with Gasteiger partial charge >= 0.3 is 5.97 Å². The number of nitrogens with zero attached hydrogens (tertiary/aromatic N) is 2. The summed E-state index contributed by atoms with van der Waals surface area (Å²) in [6.45, 7) is 8.47. The van der Waals surface area contributed by atoms with E-state index in [1.54, 1.807) is 30.1 Å². The van der Waals surface area contributed by atoms with Crippen LogP contribution in [0.3, 0.4) is 0 Å². The molecule has 0 bridgehead atoms. The molecule has 6 heteroatoms. The van der Waals surface area contributed by atoms with Gasteiger partial charge < -0.3 is 9.47 Å². The average molecular weight is 348 g/mol. The first-order valence-corrected chi connectivity index (χ1v) is 8.60. The van der Waals surface area contributed by atoms with Gasteiger partial charge in [-0.1, -0.05) is 20.8 Å². The summed E-state index contributed by atoms with van der Waals surface area (Å²) in [5.41, 5.74) is 1.37. The zero-order valence-corrected chi connectivity index (χ0v) is 15.2. The Labute approximate surface area is 147 Å². The molecule has 0 saturated heterocycles. The first-order valence-electron chi connectivity index (χ1n) is 8.60. The van der Waals surface area contributed by atoms with Crippen LogP contribution in [-0.2, 0) is 9.53 Å². The van der Waals surface area contributed by atoms with E-state index in [4.69, 9.17) is 9.47 Å². The van der Waals surface area contributed by atoms with Crippen molar-refractivity contribution in [1.82, 2.24) is 9.78 Å². The van der Waals surface area contributed by atoms with E-state index in [-0.39, 0.29) is 17.7 Å². The Morgan fingerprint density at radius 2 is 2.00 bits per heavy atom. The number of esters is 1. The van der Waals surface area contributed by atoms with Crippen LogP contribution in [0.15, 0.2) is 30.6 Å². The summed E-state index contributed by atoms with van der Waals surface area (Å²) >= 11 is 0. The molecule has 5 nitrogen and oxygen atoms in total. The number of hydrogen-bond donors (Lipinski definition) is 0. The number of halogens is 1. The van der Waals surface area contributed by atoms with Crippen LogP contribution in [-0.4, -0.2) is 29.0 Å². The topological polar surface area (TPSA) is 53.4 Å². The molecule has 0 aliphatic rings. The van der Waals surface area contributed by atoms with E-state index < -0.39 is 6.04 Å². The summed E-state index contributed by atoms with van der Waals surface area (Å²) in [4.78, 5) is 12.2. The second kappa shape index (κ2) is 8.65. The van der Waals surface area contributed by atoms with Gasteiger partial charge in [0, 0.05) is 17.8 Å². The molecule has 1 unspecified atom stereocenters. The summed E-state index contributed by atoms with van der Waals surface area (Å²) in [6, 6.07) is 4.04. The van der Waals surface area contributed by atoms with Gasteiger partial charge in [0.2, 0.25) is 0 Å². The van der Waals surface area contributed by atoms with E-state index in [9.17, 15) is 9.18 Å². The van der Waals surface area contributed by atoms with Gasteiger partial charge in [0.05, 0.1) is 19.4 Å². The molecule has 0 spiro atoms. The van der Waals surface area contributed by atoms with Gasteiger partial charge in [-0.3, -0.25) is 4.68 Å². The van der Waals surface area contributed by atoms with Crippen molar-refractivity contribution in [2.24, 2.45) is 5.92 Å². The number of rotatable bonds is 8. The van der Waals surface area contributed by atoms with Crippen molar-refractivity contribution >= 4 is 5.97 Å². The van der Waals surface area contributed by atoms with Gasteiger partial charge in [-0.2, -0.15) is 5.10 Å². The Bertz CT molecular complexity index is 712. The van der Waals surface area contributed by atoms with Crippen LogP contribution in [0.1, 0.15) is 40.2 Å². The average Bonchev–Trinajstić information content (AvgIpc) is 3.02. The summed E-state index contributed by atoms with van der Waals surface area (Å²) in [5, 5.41) is 4.29. The number of carbonyl (C=O) groups excluding carboxylic acids is 1. The fourth-order valence-corrected chi connectivity index (χ4v) is 2.59. The molecule has 0 fully saturated rings. The number of carbonyl (C=O) groups is 1. The van der Waals surface area contributed by atoms with Crippen LogP contribution in [0.5, 0.6) is 5.75 Å². The highest BCUT2D eigenvalue weighted by molar-refractivity contribution is 5.75. The molecule has 0 N–H and O–H groups in total. The molecule has 0 aliphatic carbocycles. The third-order valence-electron chi connectivity index (χ3n) is 3.72. The molecule has 1 aromatic carbocycles. The van der Waals surface area contributed by atoms with E-state index in [2.05, 4.69) is 5.10 Å². The molecule has 25 heavy (non-hydrogen) atoms. The molecule has 0 aliphatic heterocycles. The zero-order valence-electron chi connectivity index (χ0n) is 15.2. The first-order chi connectivity index (χ1) is 12.0. The second-order valence-electron chi connectivity index (χ2n) is 6.17. The van der Waals surface area contributed by atoms with Gasteiger partial charge in [-0.15, -0.1) is 0 Å². The Kier molecular flexibility index (Phi) is 6.56. The minimum atomic E-state index is -0.516. The van der Waals surface area contributed by atoms with E-state index in [0.717, 1.165) is 12.0 Å². The maximum absolute atomic E-state index is 13.9. The minimum absolute atomic E-state index is 0.0164. The van der Waals surface area contributed by atoms with E-state index >= 15 is 0 Å². The Morgan fingerprint density at radius 1 is 1.24 bits per heavy atom. The zero-order chi connectivity index (χ0) is 18.4. The summed E-state index contributed by atoms with van der Waals surface area (Å²) in [5.74, 6) is -0.196. The van der Waals surface area contributed by atoms with E-state index in [0.29, 0.717) is 24.5 Å². The monoisotopic (exact) mass is 348 g/mol. The molecule has 1 atom stereocenters. The largest absolute Gasteiger partial charge is 0.493 e. The van der Waals surface area contributed by atoms with Crippen molar-refractivity contribution in [3.05, 3.63) is 36.4 Å². The standard InChI is InChI=1S/C19H25FN2O3/c1-5-7-25-17-9-14(8-16(20)10-17)15-11-21-22(12-15)18(13(3)4)19(23)24-6-2/h8-13,18H,5-7H2,1-4H3. The Hall–Kier alpha value is -2.37. The van der Waals surface area contributed by atoms with Crippen molar-refractivity contribution < 1.29 is 18.7 Å². The first kappa shape index (κ1) is 19.0. The maximum Gasteiger partial charge on any atom is 0.331 e. The SMILES string of the molecule is CCCOc1cc(F)cc(-c2cnn(C(C(=O)OCC)C(C)C)c2)c1. The Balaban J connectivity index is 2.30. The van der Waals surface area contributed by atoms with Gasteiger partial charge in [-0.05, 0) is 37.0 Å². The number of ether oxygens (including phenoxy) is 2. The lowest BCUT2D eigenvalue weighted by molar-refractivity contribution is -0.149. The van der Waals surface area contributed by atoms with Crippen molar-refractivity contribution in [2.75, 3.05) is 13.2 Å². The molecule has 0 radical (unpaired) electrons. The highest BCUT2D eigenvalue weighted by Crippen LogP contribution is 2.28. The maximum atomic E-state index is 13.9. The van der Waals surface area contributed by atoms with E-state index in [1.165, 1.54) is 12.1 Å². The summed E-state index contributed by atoms with van der Waals surface area (Å²) in [6.07, 6.45) is 4.20. The third-order valence-corrected chi connectivity index (χ3v) is 3.72. The normalized spacial score (nSPS) is 12.2. The second-order valence-corrected chi connectivity index (χ2v) is 6.17. The highest BCUT2D eigenvalue weighted by atomic mass is 19.1. The molecule has 1 heterocycles. The van der Waals surface area contributed by atoms with Crippen molar-refractivity contribution in [3.8, 4) is 16.9 Å². The summed E-state index contributed by atoms with van der Waals surface area (Å²) in [7, 11) is 0. The number of hydrogen-bond acceptors (Lipinski definition) is 4. The van der Waals surface area contributed by atoms with Crippen LogP contribution < -0.4 is 4.74 Å². The quantitative estimate of drug-likeness (QED) is 0.670. The van der Waals surface area contributed by atoms with Gasteiger partial charge in [0.1, 0.15) is 11.6 Å². The lowest BCUT2D eigenvalue weighted by Gasteiger charge is -2.19. The molecular weight excluding hydrogens is 323 g/mol. The highest BCUT2D eigenvalue weighted by Gasteiger charge is 2.26. The molecular formula is C19H25FN2O3. The molecule has 0 saturated carbocycles. The Morgan fingerprint density at radius 3 is 2.64 bits per heavy atom. The lowest BCUT2D eigenvalue weighted by Crippen LogP contribution is -2.26. The predicted octanol–water partition coefficient (Wildman–Crippen LogP) is 4.24. The lowest BCUT2D eigenvalue weighted by atomic mass is 10.0. The van der Waals surface area contributed by atoms with Crippen LogP contribution >= 0.6 is 0 Å². The molecule has 0 amide bonds. The van der Waals surface area contributed by atoms with Crippen LogP contribution in [0.2, 0.25) is 0 Å². The van der Waals surface area contributed by atoms with Gasteiger partial charge in [0.15, 0.2) is 6.04 Å². The third kappa shape index (κ3) is 4.81. The fourth-order valence-electron chi connectivity index (χ4n) is 2.59. The van der Waals surface area contributed by atoms with Crippen LogP contribution in [0.4, 0.5) is 4.39 Å². The molecule has 2 aromatic rings. The summed E-state index contributed by atoms with van der Waals surface area (Å²) < 4.78 is 26.1. The van der Waals surface area contributed by atoms with Crippen molar-refractivity contribution in [1.29, 1.82) is 0 Å². The van der Waals surface area contributed by atoms with Crippen LogP contribution in [0.25, 0.3) is 11.1 Å². The van der Waals surface area contributed by atoms with Crippen molar-refractivity contribution in [2.45, 2.75) is 40.2 Å². The van der Waals surface area contributed by atoms with Crippen LogP contribution in [0, 0.1) is 11.7 Å². The van der Waals surface area contributed by atoms with Crippen molar-refractivity contribution in [3.63, 3.8) is 0 Å². The minimum Gasteiger partial charge on any atom is -0.493 e. The smallest absolute Gasteiger partial charge is 0.331 e. The van der Waals surface area contributed by atoms with Gasteiger partial charge in [-0.25, -0.2) is 9.18 Å². The number of benzene rings is 1. The molecule has 136 valence electrons. The predicted molar refractivity (Wildman–Crippen MR) is 93.9 cm³/mol. The fraction of sp³-hybridized carbons (Fsp3) is 0.474. The van der Waals surface area contributed by atoms with E-state index in [1.807, 2.05) is 20.8 Å². The van der Waals surface area contributed by atoms with Gasteiger partial charge in [0.25, 0.3) is 0 Å². The number of aromatic nitrogens is 2. The molecule has 1 aromatic heterocycles. The molecule has 2 rings (SSSR count).